The van der Waals surface area contributed by atoms with E-state index in [9.17, 15) is 22.0 Å². The Hall–Kier alpha value is -7.19. The van der Waals surface area contributed by atoms with Crippen molar-refractivity contribution in [3.8, 4) is 27.9 Å². The van der Waals surface area contributed by atoms with E-state index in [4.69, 9.17) is 4.42 Å². The van der Waals surface area contributed by atoms with Gasteiger partial charge in [0.15, 0.2) is 23.3 Å². The monoisotopic (exact) mass is 742 g/mol. The molecule has 10 aromatic rings. The number of hydrogen-bond donors (Lipinski definition) is 0. The second-order valence-electron chi connectivity index (χ2n) is 13.6. The number of furan rings is 1. The van der Waals surface area contributed by atoms with Crippen LogP contribution in [0.2, 0.25) is 0 Å². The predicted molar refractivity (Wildman–Crippen MR) is 213 cm³/mol. The van der Waals surface area contributed by atoms with Gasteiger partial charge in [-0.15, -0.1) is 0 Å². The number of benzene rings is 8. The first-order valence-electron chi connectivity index (χ1n) is 17.9. The van der Waals surface area contributed by atoms with Crippen molar-refractivity contribution in [2.75, 3.05) is 4.90 Å². The lowest BCUT2D eigenvalue weighted by molar-refractivity contribution is 0.381. The molecule has 0 unspecified atom stereocenters. The van der Waals surface area contributed by atoms with Gasteiger partial charge >= 0.3 is 0 Å². The van der Waals surface area contributed by atoms with Gasteiger partial charge in [0.25, 0.3) is 0 Å². The van der Waals surface area contributed by atoms with Crippen LogP contribution in [0.3, 0.4) is 0 Å². The Labute approximate surface area is 316 Å². The minimum absolute atomic E-state index is 0.159. The van der Waals surface area contributed by atoms with Crippen LogP contribution in [0.5, 0.6) is 0 Å². The molecule has 0 amide bonds. The maximum absolute atomic E-state index is 14.8. The fraction of sp³-hybridized carbons (Fsp3) is 0. The van der Waals surface area contributed by atoms with Crippen molar-refractivity contribution in [1.29, 1.82) is 0 Å². The topological polar surface area (TPSA) is 21.3 Å². The van der Waals surface area contributed by atoms with Gasteiger partial charge in [-0.3, -0.25) is 0 Å². The second-order valence-corrected chi connectivity index (χ2v) is 13.6. The molecule has 0 spiro atoms. The number of fused-ring (bicyclic) bond motifs is 6. The van der Waals surface area contributed by atoms with Crippen LogP contribution >= 0.6 is 0 Å². The maximum atomic E-state index is 14.8. The third-order valence-corrected chi connectivity index (χ3v) is 10.4. The first kappa shape index (κ1) is 33.4. The summed E-state index contributed by atoms with van der Waals surface area (Å²) in [4.78, 5) is 1.94. The average molecular weight is 743 g/mol. The highest BCUT2D eigenvalue weighted by Crippen LogP contribution is 2.41. The van der Waals surface area contributed by atoms with Crippen LogP contribution in [-0.4, -0.2) is 4.57 Å². The van der Waals surface area contributed by atoms with E-state index in [1.54, 1.807) is 12.1 Å². The fourth-order valence-corrected chi connectivity index (χ4v) is 7.74. The van der Waals surface area contributed by atoms with Crippen molar-refractivity contribution in [3.63, 3.8) is 0 Å². The summed E-state index contributed by atoms with van der Waals surface area (Å²) in [5.41, 5.74) is 7.57. The summed E-state index contributed by atoms with van der Waals surface area (Å²) >= 11 is 0. The smallest absolute Gasteiger partial charge is 0.200 e. The van der Waals surface area contributed by atoms with E-state index in [0.717, 1.165) is 66.4 Å². The molecular formula is C48H27F5N2O. The zero-order valence-corrected chi connectivity index (χ0v) is 29.3. The van der Waals surface area contributed by atoms with Crippen LogP contribution in [0.1, 0.15) is 0 Å². The molecule has 0 bridgehead atoms. The first-order chi connectivity index (χ1) is 27.4. The Kier molecular flexibility index (Phi) is 7.74. The molecule has 8 heteroatoms. The summed E-state index contributed by atoms with van der Waals surface area (Å²) in [6.07, 6.45) is 0. The van der Waals surface area contributed by atoms with Crippen LogP contribution in [0.25, 0.3) is 71.7 Å². The molecule has 2 aromatic heterocycles. The normalized spacial score (nSPS) is 11.7. The Morgan fingerprint density at radius 1 is 0.375 bits per heavy atom. The number of halogens is 5. The van der Waals surface area contributed by atoms with E-state index in [2.05, 4.69) is 47.0 Å². The molecule has 8 aromatic carbocycles. The van der Waals surface area contributed by atoms with Gasteiger partial charge in [0, 0.05) is 50.4 Å². The summed E-state index contributed by atoms with van der Waals surface area (Å²) in [6.45, 7) is 0. The summed E-state index contributed by atoms with van der Waals surface area (Å²) in [6, 6.07) is 52.6. The predicted octanol–water partition coefficient (Wildman–Crippen LogP) is 14.2. The first-order valence-corrected chi connectivity index (χ1v) is 17.9. The summed E-state index contributed by atoms with van der Waals surface area (Å²) in [7, 11) is 0. The van der Waals surface area contributed by atoms with Crippen LogP contribution in [0.4, 0.5) is 39.0 Å². The van der Waals surface area contributed by atoms with Gasteiger partial charge in [0.2, 0.25) is 5.82 Å². The quantitative estimate of drug-likeness (QED) is 0.0961. The van der Waals surface area contributed by atoms with Crippen LogP contribution < -0.4 is 4.90 Å². The Morgan fingerprint density at radius 3 is 1.61 bits per heavy atom. The molecule has 56 heavy (non-hydrogen) atoms. The number of rotatable bonds is 6. The highest BCUT2D eigenvalue weighted by atomic mass is 19.2. The van der Waals surface area contributed by atoms with Gasteiger partial charge in [-0.1, -0.05) is 91.0 Å². The molecule has 0 fully saturated rings. The van der Waals surface area contributed by atoms with Crippen LogP contribution in [-0.2, 0) is 0 Å². The molecule has 2 heterocycles. The standard InChI is InChI=1S/C48H27F5N2O/c49-44-43(45(50)47(52)48(53)46(44)51)29-16-21-33(22-17-29)54(34-23-25-38-37-11-5-7-13-41(37)56-42(38)27-34)32-19-14-28(15-20-32)30-18-24-36-35-10-4-6-12-39(35)55(40(36)26-30)31-8-2-1-3-9-31/h1-27H. The molecule has 10 rings (SSSR count). The molecule has 0 saturated heterocycles. The van der Waals surface area contributed by atoms with Gasteiger partial charge in [-0.2, -0.15) is 0 Å². The zero-order valence-electron chi connectivity index (χ0n) is 29.3. The summed E-state index contributed by atoms with van der Waals surface area (Å²) in [5.74, 6) is -9.97. The number of para-hydroxylation sites is 3. The van der Waals surface area contributed by atoms with Crippen molar-refractivity contribution < 1.29 is 26.4 Å². The lowest BCUT2D eigenvalue weighted by Crippen LogP contribution is -2.10. The van der Waals surface area contributed by atoms with E-state index in [1.807, 2.05) is 102 Å². The van der Waals surface area contributed by atoms with E-state index < -0.39 is 34.6 Å². The summed E-state index contributed by atoms with van der Waals surface area (Å²) in [5, 5.41) is 4.22. The van der Waals surface area contributed by atoms with E-state index in [-0.39, 0.29) is 5.56 Å². The van der Waals surface area contributed by atoms with Crippen molar-refractivity contribution in [2.24, 2.45) is 0 Å². The van der Waals surface area contributed by atoms with Crippen LogP contribution in [0, 0.1) is 29.1 Å². The molecule has 0 N–H and O–H groups in total. The van der Waals surface area contributed by atoms with Crippen molar-refractivity contribution in [3.05, 3.63) is 193 Å². The minimum Gasteiger partial charge on any atom is -0.456 e. The number of hydrogen-bond acceptors (Lipinski definition) is 2. The molecule has 0 aliphatic heterocycles. The SMILES string of the molecule is Fc1c(F)c(F)c(-c2ccc(N(c3ccc(-c4ccc5c6ccccc6n(-c6ccccc6)c5c4)cc3)c3ccc4c(c3)oc3ccccc34)cc2)c(F)c1F. The van der Waals surface area contributed by atoms with E-state index in [1.165, 1.54) is 12.1 Å². The minimum atomic E-state index is -2.20. The Balaban J connectivity index is 1.09. The third-order valence-electron chi connectivity index (χ3n) is 10.4. The highest BCUT2D eigenvalue weighted by molar-refractivity contribution is 6.10. The van der Waals surface area contributed by atoms with Gasteiger partial charge in [0.05, 0.1) is 16.6 Å². The molecule has 0 radical (unpaired) electrons. The highest BCUT2D eigenvalue weighted by Gasteiger charge is 2.27. The molecular weight excluding hydrogens is 716 g/mol. The third kappa shape index (κ3) is 5.25. The largest absolute Gasteiger partial charge is 0.456 e. The molecule has 3 nitrogen and oxygen atoms in total. The second kappa shape index (κ2) is 13.0. The number of anilines is 3. The molecule has 0 aliphatic rings. The zero-order chi connectivity index (χ0) is 38.1. The maximum Gasteiger partial charge on any atom is 0.200 e. The fourth-order valence-electron chi connectivity index (χ4n) is 7.74. The van der Waals surface area contributed by atoms with Gasteiger partial charge < -0.3 is 13.9 Å². The van der Waals surface area contributed by atoms with Gasteiger partial charge in [0.1, 0.15) is 11.2 Å². The molecule has 0 saturated carbocycles. The lowest BCUT2D eigenvalue weighted by atomic mass is 10.0. The summed E-state index contributed by atoms with van der Waals surface area (Å²) < 4.78 is 80.2. The Bertz CT molecular complexity index is 3100. The van der Waals surface area contributed by atoms with Crippen molar-refractivity contribution in [1.82, 2.24) is 4.57 Å². The van der Waals surface area contributed by atoms with Gasteiger partial charge in [-0.05, 0) is 83.4 Å². The average Bonchev–Trinajstić information content (AvgIpc) is 3.78. The van der Waals surface area contributed by atoms with Crippen molar-refractivity contribution in [2.45, 2.75) is 0 Å². The Morgan fingerprint density at radius 2 is 0.893 bits per heavy atom. The molecule has 0 aliphatic carbocycles. The molecule has 270 valence electrons. The van der Waals surface area contributed by atoms with Crippen molar-refractivity contribution >= 4 is 60.8 Å². The number of nitrogens with zero attached hydrogens (tertiary/aromatic N) is 2. The van der Waals surface area contributed by atoms with E-state index >= 15 is 0 Å². The van der Waals surface area contributed by atoms with Gasteiger partial charge in [-0.25, -0.2) is 22.0 Å². The van der Waals surface area contributed by atoms with Crippen LogP contribution in [0.15, 0.2) is 168 Å². The van der Waals surface area contributed by atoms with E-state index in [0.29, 0.717) is 11.3 Å². The number of aromatic nitrogens is 1. The molecule has 0 atom stereocenters. The lowest BCUT2D eigenvalue weighted by Gasteiger charge is -2.26.